The minimum atomic E-state index is 0.573. The van der Waals surface area contributed by atoms with Gasteiger partial charge in [-0.3, -0.25) is 0 Å². The molecule has 4 nitrogen and oxygen atoms in total. The summed E-state index contributed by atoms with van der Waals surface area (Å²) in [6.45, 7) is 4.06. The van der Waals surface area contributed by atoms with E-state index >= 15 is 0 Å². The standard InChI is InChI=1S/C11H13N3O/c1-2-13-11-8(6-12)5-9-7-15-4-3-10(9)14-11/h5H,2-4,7H2,1H3,(H,13,14). The van der Waals surface area contributed by atoms with Crippen molar-refractivity contribution in [2.45, 2.75) is 20.0 Å². The molecular formula is C11H13N3O. The van der Waals surface area contributed by atoms with Crippen LogP contribution in [-0.2, 0) is 17.8 Å². The highest BCUT2D eigenvalue weighted by atomic mass is 16.5. The van der Waals surface area contributed by atoms with Gasteiger partial charge >= 0.3 is 0 Å². The van der Waals surface area contributed by atoms with Gasteiger partial charge in [-0.1, -0.05) is 0 Å². The molecular weight excluding hydrogens is 190 g/mol. The zero-order valence-electron chi connectivity index (χ0n) is 8.71. The molecule has 1 aliphatic heterocycles. The predicted molar refractivity (Wildman–Crippen MR) is 56.5 cm³/mol. The van der Waals surface area contributed by atoms with Crippen molar-refractivity contribution in [2.24, 2.45) is 0 Å². The fourth-order valence-corrected chi connectivity index (χ4v) is 1.67. The molecule has 0 unspecified atom stereocenters. The molecule has 0 atom stereocenters. The molecule has 0 saturated heterocycles. The van der Waals surface area contributed by atoms with Gasteiger partial charge in [0, 0.05) is 18.5 Å². The van der Waals surface area contributed by atoms with Crippen molar-refractivity contribution in [3.63, 3.8) is 0 Å². The van der Waals surface area contributed by atoms with Gasteiger partial charge in [-0.2, -0.15) is 5.26 Å². The summed E-state index contributed by atoms with van der Waals surface area (Å²) >= 11 is 0. The Morgan fingerprint density at radius 1 is 1.67 bits per heavy atom. The zero-order valence-corrected chi connectivity index (χ0v) is 8.71. The molecule has 0 saturated carbocycles. The molecule has 1 N–H and O–H groups in total. The Morgan fingerprint density at radius 2 is 2.53 bits per heavy atom. The van der Waals surface area contributed by atoms with Crippen LogP contribution in [0.4, 0.5) is 5.82 Å². The average Bonchev–Trinajstić information content (AvgIpc) is 2.28. The SMILES string of the molecule is CCNc1nc2c(cc1C#N)COCC2. The Balaban J connectivity index is 2.43. The third kappa shape index (κ3) is 1.92. The number of hydrogen-bond acceptors (Lipinski definition) is 4. The number of nitrogens with zero attached hydrogens (tertiary/aromatic N) is 2. The molecule has 2 heterocycles. The first-order chi connectivity index (χ1) is 7.35. The van der Waals surface area contributed by atoms with Crippen molar-refractivity contribution in [2.75, 3.05) is 18.5 Å². The first-order valence-corrected chi connectivity index (χ1v) is 5.09. The minimum absolute atomic E-state index is 0.573. The van der Waals surface area contributed by atoms with Gasteiger partial charge in [0.25, 0.3) is 0 Å². The lowest BCUT2D eigenvalue weighted by Gasteiger charge is -2.17. The van der Waals surface area contributed by atoms with E-state index in [0.717, 1.165) is 30.8 Å². The predicted octanol–water partition coefficient (Wildman–Crippen LogP) is 1.46. The maximum atomic E-state index is 8.98. The lowest BCUT2D eigenvalue weighted by Crippen LogP contribution is -2.14. The fourth-order valence-electron chi connectivity index (χ4n) is 1.67. The topological polar surface area (TPSA) is 57.9 Å². The van der Waals surface area contributed by atoms with Crippen LogP contribution in [0.5, 0.6) is 0 Å². The van der Waals surface area contributed by atoms with Crippen molar-refractivity contribution >= 4 is 5.82 Å². The fraction of sp³-hybridized carbons (Fsp3) is 0.455. The minimum Gasteiger partial charge on any atom is -0.376 e. The van der Waals surface area contributed by atoms with Gasteiger partial charge in [0.15, 0.2) is 0 Å². The van der Waals surface area contributed by atoms with Crippen molar-refractivity contribution in [3.8, 4) is 6.07 Å². The van der Waals surface area contributed by atoms with Crippen molar-refractivity contribution in [1.82, 2.24) is 4.98 Å². The highest BCUT2D eigenvalue weighted by Crippen LogP contribution is 2.21. The summed E-state index contributed by atoms with van der Waals surface area (Å²) in [6, 6.07) is 4.02. The molecule has 0 fully saturated rings. The summed E-state index contributed by atoms with van der Waals surface area (Å²) in [5.74, 6) is 0.695. The van der Waals surface area contributed by atoms with Gasteiger partial charge in [-0.05, 0) is 13.0 Å². The summed E-state index contributed by atoms with van der Waals surface area (Å²) in [4.78, 5) is 4.46. The molecule has 78 valence electrons. The Hall–Kier alpha value is -1.60. The Kier molecular flexibility index (Phi) is 2.84. The van der Waals surface area contributed by atoms with Crippen LogP contribution in [0.15, 0.2) is 6.07 Å². The van der Waals surface area contributed by atoms with E-state index in [1.165, 1.54) is 0 Å². The van der Waals surface area contributed by atoms with Gasteiger partial charge in [-0.25, -0.2) is 4.98 Å². The van der Waals surface area contributed by atoms with Gasteiger partial charge in [-0.15, -0.1) is 0 Å². The second kappa shape index (κ2) is 4.28. The summed E-state index contributed by atoms with van der Waals surface area (Å²) < 4.78 is 5.33. The first kappa shape index (κ1) is 9.94. The lowest BCUT2D eigenvalue weighted by atomic mass is 10.1. The molecule has 0 aromatic carbocycles. The largest absolute Gasteiger partial charge is 0.376 e. The number of rotatable bonds is 2. The van der Waals surface area contributed by atoms with E-state index in [0.29, 0.717) is 18.0 Å². The number of pyridine rings is 1. The molecule has 0 spiro atoms. The van der Waals surface area contributed by atoms with Crippen LogP contribution in [0.2, 0.25) is 0 Å². The van der Waals surface area contributed by atoms with Crippen LogP contribution >= 0.6 is 0 Å². The smallest absolute Gasteiger partial charge is 0.144 e. The van der Waals surface area contributed by atoms with E-state index in [9.17, 15) is 0 Å². The molecule has 15 heavy (non-hydrogen) atoms. The maximum absolute atomic E-state index is 8.98. The number of ether oxygens (including phenoxy) is 1. The number of aromatic nitrogens is 1. The number of nitriles is 1. The normalized spacial score (nSPS) is 14.1. The third-order valence-electron chi connectivity index (χ3n) is 2.40. The lowest BCUT2D eigenvalue weighted by molar-refractivity contribution is 0.109. The van der Waals surface area contributed by atoms with Crippen LogP contribution in [0.1, 0.15) is 23.7 Å². The van der Waals surface area contributed by atoms with E-state index in [-0.39, 0.29) is 0 Å². The Labute approximate surface area is 88.9 Å². The monoisotopic (exact) mass is 203 g/mol. The zero-order chi connectivity index (χ0) is 10.7. The molecule has 1 aliphatic rings. The van der Waals surface area contributed by atoms with Crippen molar-refractivity contribution in [1.29, 1.82) is 5.26 Å². The van der Waals surface area contributed by atoms with Crippen LogP contribution in [0.3, 0.4) is 0 Å². The summed E-state index contributed by atoms with van der Waals surface area (Å²) in [7, 11) is 0. The van der Waals surface area contributed by atoms with Crippen LogP contribution in [0.25, 0.3) is 0 Å². The second-order valence-corrected chi connectivity index (χ2v) is 3.44. The van der Waals surface area contributed by atoms with E-state index < -0.39 is 0 Å². The summed E-state index contributed by atoms with van der Waals surface area (Å²) in [5, 5.41) is 12.1. The quantitative estimate of drug-likeness (QED) is 0.790. The van der Waals surface area contributed by atoms with Gasteiger partial charge in [0.1, 0.15) is 11.9 Å². The second-order valence-electron chi connectivity index (χ2n) is 3.44. The molecule has 0 radical (unpaired) electrons. The Morgan fingerprint density at radius 3 is 3.27 bits per heavy atom. The molecule has 1 aromatic heterocycles. The first-order valence-electron chi connectivity index (χ1n) is 5.09. The number of anilines is 1. The van der Waals surface area contributed by atoms with E-state index in [1.807, 2.05) is 13.0 Å². The average molecular weight is 203 g/mol. The van der Waals surface area contributed by atoms with Gasteiger partial charge in [0.05, 0.1) is 24.5 Å². The maximum Gasteiger partial charge on any atom is 0.144 e. The molecule has 0 bridgehead atoms. The number of nitrogens with one attached hydrogen (secondary N) is 1. The third-order valence-corrected chi connectivity index (χ3v) is 2.40. The molecule has 4 heteroatoms. The van der Waals surface area contributed by atoms with E-state index in [1.54, 1.807) is 0 Å². The van der Waals surface area contributed by atoms with Gasteiger partial charge < -0.3 is 10.1 Å². The van der Waals surface area contributed by atoms with E-state index in [4.69, 9.17) is 10.00 Å². The summed E-state index contributed by atoms with van der Waals surface area (Å²) in [5.41, 5.74) is 2.69. The van der Waals surface area contributed by atoms with Crippen molar-refractivity contribution < 1.29 is 4.74 Å². The highest BCUT2D eigenvalue weighted by Gasteiger charge is 2.14. The highest BCUT2D eigenvalue weighted by molar-refractivity contribution is 5.54. The van der Waals surface area contributed by atoms with E-state index in [2.05, 4.69) is 16.4 Å². The van der Waals surface area contributed by atoms with Crippen LogP contribution < -0.4 is 5.32 Å². The van der Waals surface area contributed by atoms with Crippen LogP contribution in [0, 0.1) is 11.3 Å². The van der Waals surface area contributed by atoms with Crippen molar-refractivity contribution in [3.05, 3.63) is 22.9 Å². The molecule has 0 amide bonds. The summed E-state index contributed by atoms with van der Waals surface area (Å²) in [6.07, 6.45) is 0.833. The molecule has 1 aromatic rings. The van der Waals surface area contributed by atoms with Crippen LogP contribution in [-0.4, -0.2) is 18.1 Å². The van der Waals surface area contributed by atoms with Gasteiger partial charge in [0.2, 0.25) is 0 Å². The molecule has 0 aliphatic carbocycles. The number of fused-ring (bicyclic) bond motifs is 1. The number of hydrogen-bond donors (Lipinski definition) is 1. The Bertz CT molecular complexity index is 409. The molecule has 2 rings (SSSR count).